The SMILES string of the molecule is CCN(CC)CCOc1ccccc1CNC(=O)C(C)n1c(=O)oc2ccccc21. The van der Waals surface area contributed by atoms with Crippen molar-refractivity contribution in [2.24, 2.45) is 0 Å². The maximum Gasteiger partial charge on any atom is 0.420 e. The molecule has 1 amide bonds. The van der Waals surface area contributed by atoms with Crippen LogP contribution in [0.25, 0.3) is 11.1 Å². The molecule has 1 heterocycles. The van der Waals surface area contributed by atoms with Gasteiger partial charge in [0.05, 0.1) is 5.52 Å². The summed E-state index contributed by atoms with van der Waals surface area (Å²) in [6, 6.07) is 14.0. The second-order valence-corrected chi connectivity index (χ2v) is 7.08. The van der Waals surface area contributed by atoms with E-state index in [1.807, 2.05) is 30.3 Å². The normalized spacial score (nSPS) is 12.3. The van der Waals surface area contributed by atoms with Gasteiger partial charge < -0.3 is 19.4 Å². The molecule has 0 aliphatic carbocycles. The van der Waals surface area contributed by atoms with Gasteiger partial charge in [0.1, 0.15) is 18.4 Å². The lowest BCUT2D eigenvalue weighted by Crippen LogP contribution is -2.34. The first-order chi connectivity index (χ1) is 14.5. The van der Waals surface area contributed by atoms with Gasteiger partial charge in [-0.15, -0.1) is 0 Å². The van der Waals surface area contributed by atoms with Crippen LogP contribution < -0.4 is 15.8 Å². The third-order valence-corrected chi connectivity index (χ3v) is 5.27. The summed E-state index contributed by atoms with van der Waals surface area (Å²) in [5.41, 5.74) is 1.96. The van der Waals surface area contributed by atoms with Crippen molar-refractivity contribution in [3.63, 3.8) is 0 Å². The van der Waals surface area contributed by atoms with Crippen LogP contribution in [0.4, 0.5) is 0 Å². The Kier molecular flexibility index (Phi) is 7.30. The van der Waals surface area contributed by atoms with Gasteiger partial charge in [0.25, 0.3) is 0 Å². The van der Waals surface area contributed by atoms with E-state index in [0.29, 0.717) is 24.3 Å². The van der Waals surface area contributed by atoms with Crippen LogP contribution in [-0.4, -0.2) is 41.6 Å². The Morgan fingerprint density at radius 1 is 1.13 bits per heavy atom. The highest BCUT2D eigenvalue weighted by molar-refractivity contribution is 5.82. The number of carbonyl (C=O) groups excluding carboxylic acids is 1. The summed E-state index contributed by atoms with van der Waals surface area (Å²) in [6.45, 7) is 9.65. The number of nitrogens with zero attached hydrogens (tertiary/aromatic N) is 2. The topological polar surface area (TPSA) is 76.7 Å². The van der Waals surface area contributed by atoms with Crippen molar-refractivity contribution in [3.8, 4) is 5.75 Å². The Morgan fingerprint density at radius 3 is 2.60 bits per heavy atom. The summed E-state index contributed by atoms with van der Waals surface area (Å²) in [5, 5.41) is 2.91. The van der Waals surface area contributed by atoms with Gasteiger partial charge in [0.2, 0.25) is 5.91 Å². The quantitative estimate of drug-likeness (QED) is 0.554. The monoisotopic (exact) mass is 411 g/mol. The zero-order valence-corrected chi connectivity index (χ0v) is 17.8. The largest absolute Gasteiger partial charge is 0.492 e. The molecule has 30 heavy (non-hydrogen) atoms. The fourth-order valence-corrected chi connectivity index (χ4v) is 3.41. The molecule has 1 atom stereocenters. The Bertz CT molecular complexity index is 1040. The highest BCUT2D eigenvalue weighted by Gasteiger charge is 2.21. The minimum absolute atomic E-state index is 0.262. The van der Waals surface area contributed by atoms with E-state index in [0.717, 1.165) is 30.9 Å². The number of fused-ring (bicyclic) bond motifs is 1. The highest BCUT2D eigenvalue weighted by Crippen LogP contribution is 2.19. The molecule has 2 aromatic carbocycles. The second-order valence-electron chi connectivity index (χ2n) is 7.08. The summed E-state index contributed by atoms with van der Waals surface area (Å²) >= 11 is 0. The fraction of sp³-hybridized carbons (Fsp3) is 0.391. The van der Waals surface area contributed by atoms with Gasteiger partial charge in [-0.25, -0.2) is 4.79 Å². The van der Waals surface area contributed by atoms with Crippen molar-refractivity contribution >= 4 is 17.0 Å². The first-order valence-electron chi connectivity index (χ1n) is 10.4. The molecule has 1 aromatic heterocycles. The van der Waals surface area contributed by atoms with Crippen LogP contribution in [0, 0.1) is 0 Å². The van der Waals surface area contributed by atoms with E-state index in [1.54, 1.807) is 25.1 Å². The van der Waals surface area contributed by atoms with E-state index >= 15 is 0 Å². The number of nitrogens with one attached hydrogen (secondary N) is 1. The van der Waals surface area contributed by atoms with Gasteiger partial charge in [-0.3, -0.25) is 9.36 Å². The van der Waals surface area contributed by atoms with Crippen molar-refractivity contribution < 1.29 is 13.9 Å². The lowest BCUT2D eigenvalue weighted by molar-refractivity contribution is -0.124. The molecule has 0 radical (unpaired) electrons. The number of carbonyl (C=O) groups is 1. The average molecular weight is 412 g/mol. The minimum atomic E-state index is -0.697. The smallest absolute Gasteiger partial charge is 0.420 e. The molecule has 0 saturated heterocycles. The van der Waals surface area contributed by atoms with E-state index in [2.05, 4.69) is 24.1 Å². The molecule has 3 aromatic rings. The lowest BCUT2D eigenvalue weighted by Gasteiger charge is -2.19. The molecule has 0 aliphatic rings. The fourth-order valence-electron chi connectivity index (χ4n) is 3.41. The van der Waals surface area contributed by atoms with E-state index in [1.165, 1.54) is 4.57 Å². The van der Waals surface area contributed by atoms with Crippen LogP contribution in [0.15, 0.2) is 57.7 Å². The van der Waals surface area contributed by atoms with Crippen molar-refractivity contribution in [2.45, 2.75) is 33.4 Å². The molecular weight excluding hydrogens is 382 g/mol. The Balaban J connectivity index is 1.64. The Morgan fingerprint density at radius 2 is 1.83 bits per heavy atom. The molecule has 160 valence electrons. The second kappa shape index (κ2) is 10.1. The van der Waals surface area contributed by atoms with Gasteiger partial charge in [0, 0.05) is 18.7 Å². The standard InChI is InChI=1S/C23H29N3O4/c1-4-25(5-2)14-15-29-20-12-8-6-10-18(20)16-24-22(27)17(3)26-19-11-7-9-13-21(19)30-23(26)28/h6-13,17H,4-5,14-16H2,1-3H3,(H,24,27). The summed E-state index contributed by atoms with van der Waals surface area (Å²) in [7, 11) is 0. The van der Waals surface area contributed by atoms with Crippen molar-refractivity contribution in [1.29, 1.82) is 0 Å². The van der Waals surface area contributed by atoms with E-state index in [9.17, 15) is 9.59 Å². The summed E-state index contributed by atoms with van der Waals surface area (Å²) < 4.78 is 12.6. The molecule has 7 nitrogen and oxygen atoms in total. The van der Waals surface area contributed by atoms with Crippen LogP contribution in [0.1, 0.15) is 32.4 Å². The molecule has 0 fully saturated rings. The molecule has 1 unspecified atom stereocenters. The molecule has 0 aliphatic heterocycles. The van der Waals surface area contributed by atoms with Crippen LogP contribution >= 0.6 is 0 Å². The van der Waals surface area contributed by atoms with Crippen LogP contribution in [-0.2, 0) is 11.3 Å². The first kappa shape index (κ1) is 21.6. The summed E-state index contributed by atoms with van der Waals surface area (Å²) in [6.07, 6.45) is 0. The lowest BCUT2D eigenvalue weighted by atomic mass is 10.2. The number of hydrogen-bond acceptors (Lipinski definition) is 5. The molecule has 0 bridgehead atoms. The number of ether oxygens (including phenoxy) is 1. The van der Waals surface area contributed by atoms with E-state index < -0.39 is 11.8 Å². The minimum Gasteiger partial charge on any atom is -0.492 e. The number of benzene rings is 2. The van der Waals surface area contributed by atoms with Gasteiger partial charge in [0.15, 0.2) is 5.58 Å². The number of amides is 1. The Hall–Kier alpha value is -3.06. The van der Waals surface area contributed by atoms with Crippen LogP contribution in [0.2, 0.25) is 0 Å². The number of aromatic nitrogens is 1. The third-order valence-electron chi connectivity index (χ3n) is 5.27. The van der Waals surface area contributed by atoms with Gasteiger partial charge in [-0.2, -0.15) is 0 Å². The first-order valence-corrected chi connectivity index (χ1v) is 10.4. The summed E-state index contributed by atoms with van der Waals surface area (Å²) in [5.74, 6) is -0.0517. The zero-order chi connectivity index (χ0) is 21.5. The van der Waals surface area contributed by atoms with Gasteiger partial charge in [-0.05, 0) is 38.2 Å². The predicted molar refractivity (Wildman–Crippen MR) is 117 cm³/mol. The van der Waals surface area contributed by atoms with Crippen molar-refractivity contribution in [1.82, 2.24) is 14.8 Å². The van der Waals surface area contributed by atoms with Crippen LogP contribution in [0.3, 0.4) is 0 Å². The average Bonchev–Trinajstić information content (AvgIpc) is 3.10. The van der Waals surface area contributed by atoms with Gasteiger partial charge in [-0.1, -0.05) is 44.2 Å². The summed E-state index contributed by atoms with van der Waals surface area (Å²) in [4.78, 5) is 27.3. The number of hydrogen-bond donors (Lipinski definition) is 1. The molecule has 0 spiro atoms. The van der Waals surface area contributed by atoms with Crippen LogP contribution in [0.5, 0.6) is 5.75 Å². The molecule has 1 N–H and O–H groups in total. The predicted octanol–water partition coefficient (Wildman–Crippen LogP) is 3.19. The molecule has 0 saturated carbocycles. The van der Waals surface area contributed by atoms with Crippen molar-refractivity contribution in [2.75, 3.05) is 26.2 Å². The molecule has 7 heteroatoms. The highest BCUT2D eigenvalue weighted by atomic mass is 16.5. The van der Waals surface area contributed by atoms with E-state index in [4.69, 9.17) is 9.15 Å². The Labute approximate surface area is 176 Å². The number of para-hydroxylation sites is 3. The number of rotatable bonds is 10. The molecule has 3 rings (SSSR count). The van der Waals surface area contributed by atoms with Gasteiger partial charge >= 0.3 is 5.76 Å². The maximum absolute atomic E-state index is 12.7. The number of likely N-dealkylation sites (N-methyl/N-ethyl adjacent to an activating group) is 1. The van der Waals surface area contributed by atoms with E-state index in [-0.39, 0.29) is 5.91 Å². The zero-order valence-electron chi connectivity index (χ0n) is 17.8. The maximum atomic E-state index is 12.7. The van der Waals surface area contributed by atoms with Crippen molar-refractivity contribution in [3.05, 3.63) is 64.6 Å². The third kappa shape index (κ3) is 4.91. The molecular formula is C23H29N3O4. The number of oxazole rings is 1.